The molecule has 0 aliphatic carbocycles. The van der Waals surface area contributed by atoms with E-state index in [1.165, 1.54) is 5.69 Å². The summed E-state index contributed by atoms with van der Waals surface area (Å²) < 4.78 is 0. The van der Waals surface area contributed by atoms with Gasteiger partial charge in [0.25, 0.3) is 0 Å². The molecule has 0 amide bonds. The molecule has 0 spiro atoms. The average molecular weight is 377 g/mol. The van der Waals surface area contributed by atoms with Gasteiger partial charge in [-0.3, -0.25) is 4.98 Å². The molecule has 1 aromatic carbocycles. The van der Waals surface area contributed by atoms with Crippen molar-refractivity contribution in [2.24, 2.45) is 5.73 Å². The summed E-state index contributed by atoms with van der Waals surface area (Å²) in [5, 5.41) is 3.36. The predicted molar refractivity (Wildman–Crippen MR) is 115 cm³/mol. The number of piperazine rings is 1. The van der Waals surface area contributed by atoms with Gasteiger partial charge in [0.05, 0.1) is 11.2 Å². The number of nitrogens with two attached hydrogens (primary N) is 1. The number of nitrogens with zero attached hydrogens (tertiary/aromatic N) is 5. The zero-order chi connectivity index (χ0) is 19.3. The predicted octanol–water partition coefficient (Wildman–Crippen LogP) is 2.20. The Balaban J connectivity index is 1.61. The topological polar surface area (TPSA) is 83.2 Å². The van der Waals surface area contributed by atoms with Gasteiger partial charge in [0.1, 0.15) is 5.52 Å². The van der Waals surface area contributed by atoms with E-state index in [0.717, 1.165) is 67.3 Å². The van der Waals surface area contributed by atoms with Crippen molar-refractivity contribution in [1.82, 2.24) is 19.9 Å². The third kappa shape index (κ3) is 4.05. The maximum atomic E-state index is 5.61. The maximum Gasteiger partial charge on any atom is 0.154 e. The summed E-state index contributed by atoms with van der Waals surface area (Å²) in [6.07, 6.45) is 4.29. The highest BCUT2D eigenvalue weighted by Crippen LogP contribution is 2.27. The van der Waals surface area contributed by atoms with E-state index in [1.807, 2.05) is 6.07 Å². The van der Waals surface area contributed by atoms with Crippen LogP contribution in [0.25, 0.3) is 22.3 Å². The van der Waals surface area contributed by atoms with Crippen molar-refractivity contribution in [3.05, 3.63) is 42.7 Å². The standard InChI is InChI=1S/C21H27N7/c1-27-11-13-28(14-12-27)17-5-3-16(4-6-17)18-15-19-20(24-10-9-23-19)21(26-18)25-8-2-7-22/h3-6,9-10,15H,2,7-8,11-14,22H2,1H3,(H,25,26). The smallest absolute Gasteiger partial charge is 0.154 e. The second-order valence-corrected chi connectivity index (χ2v) is 7.19. The lowest BCUT2D eigenvalue weighted by molar-refractivity contribution is 0.313. The number of hydrogen-bond acceptors (Lipinski definition) is 7. The average Bonchev–Trinajstić information content (AvgIpc) is 2.74. The fraction of sp³-hybridized carbons (Fsp3) is 0.381. The van der Waals surface area contributed by atoms with E-state index in [2.05, 4.69) is 56.4 Å². The monoisotopic (exact) mass is 377 g/mol. The quantitative estimate of drug-likeness (QED) is 0.637. The first kappa shape index (κ1) is 18.6. The van der Waals surface area contributed by atoms with E-state index < -0.39 is 0 Å². The van der Waals surface area contributed by atoms with Crippen LogP contribution >= 0.6 is 0 Å². The highest BCUT2D eigenvalue weighted by Gasteiger charge is 2.15. The van der Waals surface area contributed by atoms with E-state index in [4.69, 9.17) is 10.7 Å². The van der Waals surface area contributed by atoms with E-state index in [9.17, 15) is 0 Å². The number of anilines is 2. The first-order valence-corrected chi connectivity index (χ1v) is 9.84. The molecule has 1 aliphatic rings. The van der Waals surface area contributed by atoms with Crippen LogP contribution in [0.5, 0.6) is 0 Å². The number of pyridine rings is 1. The lowest BCUT2D eigenvalue weighted by Gasteiger charge is -2.34. The van der Waals surface area contributed by atoms with Crippen LogP contribution in [0.4, 0.5) is 11.5 Å². The highest BCUT2D eigenvalue weighted by molar-refractivity contribution is 5.88. The Bertz CT molecular complexity index is 918. The first-order valence-electron chi connectivity index (χ1n) is 9.84. The molecule has 1 saturated heterocycles. The Labute approximate surface area is 165 Å². The molecular weight excluding hydrogens is 350 g/mol. The summed E-state index contributed by atoms with van der Waals surface area (Å²) in [4.78, 5) is 18.5. The molecule has 28 heavy (non-hydrogen) atoms. The van der Waals surface area contributed by atoms with E-state index in [-0.39, 0.29) is 0 Å². The lowest BCUT2D eigenvalue weighted by Crippen LogP contribution is -2.44. The van der Waals surface area contributed by atoms with Gasteiger partial charge in [0.15, 0.2) is 5.82 Å². The fourth-order valence-corrected chi connectivity index (χ4v) is 3.46. The van der Waals surface area contributed by atoms with Gasteiger partial charge in [-0.1, -0.05) is 12.1 Å². The van der Waals surface area contributed by atoms with Crippen LogP contribution in [0.1, 0.15) is 6.42 Å². The van der Waals surface area contributed by atoms with Crippen molar-refractivity contribution in [3.8, 4) is 11.3 Å². The van der Waals surface area contributed by atoms with Crippen LogP contribution in [-0.2, 0) is 0 Å². The van der Waals surface area contributed by atoms with Crippen LogP contribution in [0.2, 0.25) is 0 Å². The molecule has 0 unspecified atom stereocenters. The molecule has 7 nitrogen and oxygen atoms in total. The van der Waals surface area contributed by atoms with Crippen molar-refractivity contribution in [2.45, 2.75) is 6.42 Å². The van der Waals surface area contributed by atoms with Crippen LogP contribution < -0.4 is 16.0 Å². The molecule has 1 fully saturated rings. The van der Waals surface area contributed by atoms with Gasteiger partial charge >= 0.3 is 0 Å². The van der Waals surface area contributed by atoms with Gasteiger partial charge < -0.3 is 20.9 Å². The molecular formula is C21H27N7. The minimum atomic E-state index is 0.643. The minimum Gasteiger partial charge on any atom is -0.369 e. The summed E-state index contributed by atoms with van der Waals surface area (Å²) >= 11 is 0. The Hall–Kier alpha value is -2.77. The van der Waals surface area contributed by atoms with Gasteiger partial charge in [-0.05, 0) is 38.2 Å². The van der Waals surface area contributed by atoms with E-state index in [1.54, 1.807) is 12.4 Å². The molecule has 4 rings (SSSR count). The van der Waals surface area contributed by atoms with Crippen LogP contribution in [-0.4, -0.2) is 66.2 Å². The largest absolute Gasteiger partial charge is 0.369 e. The fourth-order valence-electron chi connectivity index (χ4n) is 3.46. The normalized spacial score (nSPS) is 15.1. The summed E-state index contributed by atoms with van der Waals surface area (Å²) in [7, 11) is 2.17. The van der Waals surface area contributed by atoms with Gasteiger partial charge in [0.2, 0.25) is 0 Å². The molecule has 0 radical (unpaired) electrons. The second-order valence-electron chi connectivity index (χ2n) is 7.19. The van der Waals surface area contributed by atoms with Crippen LogP contribution in [0.3, 0.4) is 0 Å². The van der Waals surface area contributed by atoms with Gasteiger partial charge in [0, 0.05) is 56.4 Å². The van der Waals surface area contributed by atoms with Gasteiger partial charge in [-0.15, -0.1) is 0 Å². The molecule has 3 aromatic rings. The van der Waals surface area contributed by atoms with Crippen molar-refractivity contribution in [2.75, 3.05) is 56.5 Å². The number of fused-ring (bicyclic) bond motifs is 1. The molecule has 3 heterocycles. The summed E-state index contributed by atoms with van der Waals surface area (Å²) in [6.45, 7) is 5.74. The van der Waals surface area contributed by atoms with E-state index >= 15 is 0 Å². The number of hydrogen-bond donors (Lipinski definition) is 2. The highest BCUT2D eigenvalue weighted by atomic mass is 15.2. The molecule has 0 bridgehead atoms. The Morgan fingerprint density at radius 1 is 1.04 bits per heavy atom. The molecule has 1 aliphatic heterocycles. The number of likely N-dealkylation sites (N-methyl/N-ethyl adjacent to an activating group) is 1. The summed E-state index contributed by atoms with van der Waals surface area (Å²) in [6, 6.07) is 10.7. The molecule has 2 aromatic heterocycles. The molecule has 146 valence electrons. The molecule has 0 atom stereocenters. The van der Waals surface area contributed by atoms with Crippen LogP contribution in [0.15, 0.2) is 42.7 Å². The van der Waals surface area contributed by atoms with Gasteiger partial charge in [-0.25, -0.2) is 9.97 Å². The third-order valence-corrected chi connectivity index (χ3v) is 5.16. The summed E-state index contributed by atoms with van der Waals surface area (Å²) in [5.74, 6) is 0.761. The SMILES string of the molecule is CN1CCN(c2ccc(-c3cc4nccnc4c(NCCCN)n3)cc2)CC1. The third-order valence-electron chi connectivity index (χ3n) is 5.16. The Kier molecular flexibility index (Phi) is 5.64. The van der Waals surface area contributed by atoms with Crippen molar-refractivity contribution in [3.63, 3.8) is 0 Å². The van der Waals surface area contributed by atoms with Crippen LogP contribution in [0, 0.1) is 0 Å². The van der Waals surface area contributed by atoms with E-state index in [0.29, 0.717) is 6.54 Å². The van der Waals surface area contributed by atoms with Crippen molar-refractivity contribution >= 4 is 22.5 Å². The van der Waals surface area contributed by atoms with Crippen molar-refractivity contribution < 1.29 is 0 Å². The Morgan fingerprint density at radius 3 is 2.54 bits per heavy atom. The number of benzene rings is 1. The van der Waals surface area contributed by atoms with Crippen molar-refractivity contribution in [1.29, 1.82) is 0 Å². The number of rotatable bonds is 6. The van der Waals surface area contributed by atoms with Gasteiger partial charge in [-0.2, -0.15) is 0 Å². The molecule has 0 saturated carbocycles. The molecule has 3 N–H and O–H groups in total. The molecule has 7 heteroatoms. The number of nitrogens with one attached hydrogen (secondary N) is 1. The first-order chi connectivity index (χ1) is 13.7. The zero-order valence-electron chi connectivity index (χ0n) is 16.3. The lowest BCUT2D eigenvalue weighted by atomic mass is 10.1. The zero-order valence-corrected chi connectivity index (χ0v) is 16.3. The minimum absolute atomic E-state index is 0.643. The number of aromatic nitrogens is 3. The second kappa shape index (κ2) is 8.50. The maximum absolute atomic E-state index is 5.61. The summed E-state index contributed by atoms with van der Waals surface area (Å²) in [5.41, 5.74) is 10.5. The Morgan fingerprint density at radius 2 is 1.79 bits per heavy atom.